The van der Waals surface area contributed by atoms with E-state index in [1.54, 1.807) is 24.3 Å². The van der Waals surface area contributed by atoms with Crippen molar-refractivity contribution in [2.24, 2.45) is 0 Å². The van der Waals surface area contributed by atoms with E-state index in [9.17, 15) is 9.59 Å². The summed E-state index contributed by atoms with van der Waals surface area (Å²) in [6.07, 6.45) is 2.96. The fourth-order valence-electron chi connectivity index (χ4n) is 3.04. The zero-order chi connectivity index (χ0) is 19.3. The van der Waals surface area contributed by atoms with Crippen LogP contribution < -0.4 is 10.7 Å². The van der Waals surface area contributed by atoms with Gasteiger partial charge in [-0.05, 0) is 28.5 Å². The van der Waals surface area contributed by atoms with Crippen LogP contribution in [0.3, 0.4) is 0 Å². The molecule has 1 heterocycles. The van der Waals surface area contributed by atoms with E-state index in [0.717, 1.165) is 16.3 Å². The Balaban J connectivity index is 1.52. The minimum atomic E-state index is -0.374. The van der Waals surface area contributed by atoms with Gasteiger partial charge >= 0.3 is 0 Å². The van der Waals surface area contributed by atoms with E-state index in [-0.39, 0.29) is 18.2 Å². The topological polar surface area (TPSA) is 88.9 Å². The lowest BCUT2D eigenvalue weighted by Crippen LogP contribution is -2.24. The molecule has 0 spiro atoms. The Kier molecular flexibility index (Phi) is 4.79. The van der Waals surface area contributed by atoms with Crippen molar-refractivity contribution in [1.82, 2.24) is 14.9 Å². The van der Waals surface area contributed by atoms with Crippen LogP contribution in [-0.2, 0) is 11.2 Å². The molecule has 3 aromatic carbocycles. The molecule has 0 fully saturated rings. The van der Waals surface area contributed by atoms with E-state index in [4.69, 9.17) is 0 Å². The number of hydrogen-bond acceptors (Lipinski definition) is 4. The van der Waals surface area contributed by atoms with Crippen LogP contribution in [0, 0.1) is 0 Å². The Morgan fingerprint density at radius 2 is 1.57 bits per heavy atom. The van der Waals surface area contributed by atoms with Crippen LogP contribution in [-0.4, -0.2) is 26.7 Å². The van der Waals surface area contributed by atoms with Gasteiger partial charge in [0.05, 0.1) is 17.7 Å². The van der Waals surface area contributed by atoms with Crippen molar-refractivity contribution in [3.8, 4) is 0 Å². The molecule has 0 aliphatic heterocycles. The summed E-state index contributed by atoms with van der Waals surface area (Å²) in [7, 11) is 0. The number of anilines is 1. The number of carbonyl (C=O) groups is 2. The van der Waals surface area contributed by atoms with Gasteiger partial charge in [0.15, 0.2) is 0 Å². The largest absolute Gasteiger partial charge is 0.325 e. The van der Waals surface area contributed by atoms with Gasteiger partial charge in [-0.3, -0.25) is 15.0 Å². The van der Waals surface area contributed by atoms with Gasteiger partial charge in [-0.1, -0.05) is 54.6 Å². The number of fused-ring (bicyclic) bond motifs is 1. The maximum atomic E-state index is 12.6. The summed E-state index contributed by atoms with van der Waals surface area (Å²) >= 11 is 0. The number of aromatic nitrogens is 3. The van der Waals surface area contributed by atoms with Crippen LogP contribution in [0.25, 0.3) is 10.8 Å². The van der Waals surface area contributed by atoms with E-state index in [0.29, 0.717) is 11.3 Å². The molecule has 0 bridgehead atoms. The Hall–Kier alpha value is -4.00. The Bertz CT molecular complexity index is 1130. The summed E-state index contributed by atoms with van der Waals surface area (Å²) in [4.78, 5) is 25.2. The summed E-state index contributed by atoms with van der Waals surface area (Å²) in [6, 6.07) is 20.7. The number of benzene rings is 3. The maximum Gasteiger partial charge on any atom is 0.272 e. The van der Waals surface area contributed by atoms with E-state index < -0.39 is 0 Å². The molecule has 0 atom stereocenters. The molecule has 2 amide bonds. The highest BCUT2D eigenvalue weighted by Crippen LogP contribution is 2.20. The highest BCUT2D eigenvalue weighted by atomic mass is 16.2. The van der Waals surface area contributed by atoms with Crippen molar-refractivity contribution < 1.29 is 9.59 Å². The van der Waals surface area contributed by atoms with Gasteiger partial charge in [0.2, 0.25) is 5.91 Å². The van der Waals surface area contributed by atoms with E-state index in [1.165, 1.54) is 17.3 Å². The summed E-state index contributed by atoms with van der Waals surface area (Å²) in [5.74, 6) is -0.568. The van der Waals surface area contributed by atoms with E-state index >= 15 is 0 Å². The molecule has 0 saturated carbocycles. The number of nitrogens with one attached hydrogen (secondary N) is 2. The average Bonchev–Trinajstić information content (AvgIpc) is 3.21. The van der Waals surface area contributed by atoms with Crippen LogP contribution in [0.4, 0.5) is 5.69 Å². The summed E-state index contributed by atoms with van der Waals surface area (Å²) < 4.78 is 1.34. The minimum Gasteiger partial charge on any atom is -0.325 e. The van der Waals surface area contributed by atoms with Crippen LogP contribution in [0.1, 0.15) is 15.9 Å². The van der Waals surface area contributed by atoms with Gasteiger partial charge in [0.1, 0.15) is 12.7 Å². The highest BCUT2D eigenvalue weighted by Gasteiger charge is 2.14. The Morgan fingerprint density at radius 3 is 2.43 bits per heavy atom. The SMILES string of the molecule is O=C(Cc1cccc2ccccc12)Nc1ccccc1C(=O)Nn1cnnc1. The lowest BCUT2D eigenvalue weighted by atomic mass is 10.0. The molecule has 0 radical (unpaired) electrons. The van der Waals surface area contributed by atoms with Gasteiger partial charge in [-0.15, -0.1) is 10.2 Å². The van der Waals surface area contributed by atoms with Crippen molar-refractivity contribution in [2.45, 2.75) is 6.42 Å². The van der Waals surface area contributed by atoms with Gasteiger partial charge < -0.3 is 5.32 Å². The van der Waals surface area contributed by atoms with Crippen molar-refractivity contribution in [3.05, 3.63) is 90.5 Å². The number of carbonyl (C=O) groups excluding carboxylic acids is 2. The predicted molar refractivity (Wildman–Crippen MR) is 106 cm³/mol. The third-order valence-electron chi connectivity index (χ3n) is 4.33. The molecule has 0 unspecified atom stereocenters. The molecule has 7 nitrogen and oxygen atoms in total. The normalized spacial score (nSPS) is 10.6. The second-order valence-electron chi connectivity index (χ2n) is 6.22. The van der Waals surface area contributed by atoms with Gasteiger partial charge in [-0.2, -0.15) is 0 Å². The monoisotopic (exact) mass is 371 g/mol. The Morgan fingerprint density at radius 1 is 0.857 bits per heavy atom. The number of nitrogens with zero attached hydrogens (tertiary/aromatic N) is 3. The first-order valence-corrected chi connectivity index (χ1v) is 8.72. The number of para-hydroxylation sites is 1. The van der Waals surface area contributed by atoms with Gasteiger partial charge in [0, 0.05) is 0 Å². The molecule has 7 heteroatoms. The number of hydrogen-bond donors (Lipinski definition) is 2. The highest BCUT2D eigenvalue weighted by molar-refractivity contribution is 6.07. The molecule has 2 N–H and O–H groups in total. The fraction of sp³-hybridized carbons (Fsp3) is 0.0476. The van der Waals surface area contributed by atoms with Crippen LogP contribution in [0.15, 0.2) is 79.4 Å². The van der Waals surface area contributed by atoms with Crippen LogP contribution in [0.5, 0.6) is 0 Å². The molecule has 28 heavy (non-hydrogen) atoms. The van der Waals surface area contributed by atoms with Crippen LogP contribution >= 0.6 is 0 Å². The number of amides is 2. The second kappa shape index (κ2) is 7.71. The predicted octanol–water partition coefficient (Wildman–Crippen LogP) is 3.00. The molecular weight excluding hydrogens is 354 g/mol. The Labute approximate surface area is 161 Å². The quantitative estimate of drug-likeness (QED) is 0.564. The first kappa shape index (κ1) is 17.4. The smallest absolute Gasteiger partial charge is 0.272 e. The average molecular weight is 371 g/mol. The molecule has 4 rings (SSSR count). The molecule has 1 aromatic heterocycles. The molecular formula is C21H17N5O2. The first-order valence-electron chi connectivity index (χ1n) is 8.72. The molecule has 0 aliphatic rings. The lowest BCUT2D eigenvalue weighted by Gasteiger charge is -2.12. The van der Waals surface area contributed by atoms with Crippen LogP contribution in [0.2, 0.25) is 0 Å². The zero-order valence-electron chi connectivity index (χ0n) is 14.9. The van der Waals surface area contributed by atoms with Crippen molar-refractivity contribution >= 4 is 28.3 Å². The van der Waals surface area contributed by atoms with Crippen molar-refractivity contribution in [1.29, 1.82) is 0 Å². The first-order chi connectivity index (χ1) is 13.7. The summed E-state index contributed by atoms with van der Waals surface area (Å²) in [5, 5.41) is 12.2. The second-order valence-corrected chi connectivity index (χ2v) is 6.22. The van der Waals surface area contributed by atoms with Gasteiger partial charge in [0.25, 0.3) is 5.91 Å². The standard InChI is InChI=1S/C21H17N5O2/c27-20(12-16-8-5-7-15-6-1-2-9-17(15)16)24-19-11-4-3-10-18(19)21(28)25-26-13-22-23-14-26/h1-11,13-14H,12H2,(H,24,27)(H,25,28). The van der Waals surface area contributed by atoms with Gasteiger partial charge in [-0.25, -0.2) is 4.68 Å². The minimum absolute atomic E-state index is 0.194. The maximum absolute atomic E-state index is 12.6. The lowest BCUT2D eigenvalue weighted by molar-refractivity contribution is -0.115. The molecule has 138 valence electrons. The molecule has 0 aliphatic carbocycles. The van der Waals surface area contributed by atoms with Crippen molar-refractivity contribution in [2.75, 3.05) is 10.7 Å². The van der Waals surface area contributed by atoms with E-state index in [2.05, 4.69) is 20.9 Å². The van der Waals surface area contributed by atoms with Crippen molar-refractivity contribution in [3.63, 3.8) is 0 Å². The number of rotatable bonds is 5. The third kappa shape index (κ3) is 3.73. The molecule has 4 aromatic rings. The fourth-order valence-corrected chi connectivity index (χ4v) is 3.04. The summed E-state index contributed by atoms with van der Waals surface area (Å²) in [5.41, 5.74) is 4.35. The summed E-state index contributed by atoms with van der Waals surface area (Å²) in [6.45, 7) is 0. The molecule has 0 saturated heterocycles. The van der Waals surface area contributed by atoms with E-state index in [1.807, 2.05) is 42.5 Å². The third-order valence-corrected chi connectivity index (χ3v) is 4.33. The zero-order valence-corrected chi connectivity index (χ0v) is 14.9.